The van der Waals surface area contributed by atoms with Gasteiger partial charge in [0.05, 0.1) is 17.5 Å². The van der Waals surface area contributed by atoms with Gasteiger partial charge in [-0.1, -0.05) is 12.6 Å². The lowest BCUT2D eigenvalue weighted by Crippen LogP contribution is -2.32. The van der Waals surface area contributed by atoms with Crippen LogP contribution < -0.4 is 5.73 Å². The quantitative estimate of drug-likeness (QED) is 0.882. The fourth-order valence-electron chi connectivity index (χ4n) is 3.37. The summed E-state index contributed by atoms with van der Waals surface area (Å²) in [6.45, 7) is 5.17. The molecule has 1 aromatic carbocycles. The number of likely N-dealkylation sites (tertiary alicyclic amines) is 1. The van der Waals surface area contributed by atoms with Crippen molar-refractivity contribution in [1.29, 1.82) is 0 Å². The maximum absolute atomic E-state index is 13.4. The molecule has 0 unspecified atom stereocenters. The van der Waals surface area contributed by atoms with E-state index in [-0.39, 0.29) is 17.0 Å². The highest BCUT2D eigenvalue weighted by atomic mass is 19.4. The smallest absolute Gasteiger partial charge is 0.416 e. The van der Waals surface area contributed by atoms with Gasteiger partial charge in [-0.2, -0.15) is 13.2 Å². The maximum atomic E-state index is 13.4. The first kappa shape index (κ1) is 18.1. The van der Waals surface area contributed by atoms with E-state index < -0.39 is 17.6 Å². The zero-order valence-electron chi connectivity index (χ0n) is 14.1. The lowest BCUT2D eigenvalue weighted by Gasteiger charge is -2.35. The molecule has 0 radical (unpaired) electrons. The summed E-state index contributed by atoms with van der Waals surface area (Å²) >= 11 is 0. The third-order valence-electron chi connectivity index (χ3n) is 4.77. The van der Waals surface area contributed by atoms with E-state index in [1.165, 1.54) is 12.1 Å². The topological polar surface area (TPSA) is 59.5 Å². The standard InChI is InChI=1S/C19H19F3N2O2/c1-12(17-3-2-10-26-17)24-8-6-13(7-9-24)15-5-4-14(18(23)25)11-16(15)19(20,21)22/h2-5,10-11,13H,1,6-9H2,(H2,23,25). The number of hydrogen-bond acceptors (Lipinski definition) is 3. The molecule has 1 aliphatic rings. The maximum Gasteiger partial charge on any atom is 0.416 e. The van der Waals surface area contributed by atoms with Crippen LogP contribution in [0.25, 0.3) is 5.70 Å². The number of hydrogen-bond donors (Lipinski definition) is 1. The minimum atomic E-state index is -4.53. The number of primary amides is 1. The second kappa shape index (κ2) is 6.90. The molecule has 3 rings (SSSR count). The van der Waals surface area contributed by atoms with Crippen LogP contribution in [0.3, 0.4) is 0 Å². The van der Waals surface area contributed by atoms with Gasteiger partial charge in [-0.3, -0.25) is 4.79 Å². The second-order valence-electron chi connectivity index (χ2n) is 6.35. The number of piperidine rings is 1. The zero-order valence-corrected chi connectivity index (χ0v) is 14.1. The van der Waals surface area contributed by atoms with Gasteiger partial charge in [0.1, 0.15) is 5.76 Å². The van der Waals surface area contributed by atoms with Gasteiger partial charge in [0.2, 0.25) is 5.91 Å². The first-order valence-electron chi connectivity index (χ1n) is 8.26. The van der Waals surface area contributed by atoms with Crippen LogP contribution >= 0.6 is 0 Å². The molecule has 2 aromatic rings. The number of amides is 1. The average Bonchev–Trinajstić information content (AvgIpc) is 3.14. The molecule has 1 saturated heterocycles. The summed E-state index contributed by atoms with van der Waals surface area (Å²) in [5.74, 6) is -0.453. The van der Waals surface area contributed by atoms with Crippen molar-refractivity contribution in [2.75, 3.05) is 13.1 Å². The lowest BCUT2D eigenvalue weighted by atomic mass is 9.85. The van der Waals surface area contributed by atoms with E-state index in [2.05, 4.69) is 6.58 Å². The second-order valence-corrected chi connectivity index (χ2v) is 6.35. The fourth-order valence-corrected chi connectivity index (χ4v) is 3.37. The van der Waals surface area contributed by atoms with E-state index in [4.69, 9.17) is 10.2 Å². The molecule has 26 heavy (non-hydrogen) atoms. The summed E-state index contributed by atoms with van der Waals surface area (Å²) in [6, 6.07) is 7.17. The molecule has 4 nitrogen and oxygen atoms in total. The van der Waals surface area contributed by atoms with Crippen molar-refractivity contribution in [3.05, 3.63) is 65.6 Å². The SMILES string of the molecule is C=C(c1ccco1)N1CCC(c2ccc(C(N)=O)cc2C(F)(F)F)CC1. The lowest BCUT2D eigenvalue weighted by molar-refractivity contribution is -0.138. The molecule has 0 bridgehead atoms. The molecular formula is C19H19F3N2O2. The van der Waals surface area contributed by atoms with Crippen LogP contribution in [0.5, 0.6) is 0 Å². The average molecular weight is 364 g/mol. The number of benzene rings is 1. The largest absolute Gasteiger partial charge is 0.463 e. The summed E-state index contributed by atoms with van der Waals surface area (Å²) in [4.78, 5) is 13.2. The first-order valence-corrected chi connectivity index (χ1v) is 8.26. The monoisotopic (exact) mass is 364 g/mol. The molecule has 7 heteroatoms. The van der Waals surface area contributed by atoms with E-state index in [1.807, 2.05) is 4.90 Å². The van der Waals surface area contributed by atoms with Gasteiger partial charge < -0.3 is 15.1 Å². The number of furan rings is 1. The summed E-state index contributed by atoms with van der Waals surface area (Å²) in [5, 5.41) is 0. The molecule has 0 atom stereocenters. The van der Waals surface area contributed by atoms with Crippen molar-refractivity contribution in [2.24, 2.45) is 5.73 Å². The van der Waals surface area contributed by atoms with Crippen LogP contribution in [0, 0.1) is 0 Å². The van der Waals surface area contributed by atoms with Gasteiger partial charge in [0.25, 0.3) is 0 Å². The third-order valence-corrected chi connectivity index (χ3v) is 4.77. The first-order chi connectivity index (χ1) is 12.3. The Morgan fingerprint density at radius 3 is 2.46 bits per heavy atom. The number of carbonyl (C=O) groups is 1. The van der Waals surface area contributed by atoms with Crippen LogP contribution in [0.1, 0.15) is 46.0 Å². The van der Waals surface area contributed by atoms with Gasteiger partial charge in [-0.25, -0.2) is 0 Å². The number of carbonyl (C=O) groups excluding carboxylic acids is 1. The van der Waals surface area contributed by atoms with Crippen LogP contribution in [0.4, 0.5) is 13.2 Å². The summed E-state index contributed by atoms with van der Waals surface area (Å²) in [7, 11) is 0. The molecule has 1 amide bonds. The number of nitrogens with zero attached hydrogens (tertiary/aromatic N) is 1. The highest BCUT2D eigenvalue weighted by molar-refractivity contribution is 5.93. The Hall–Kier alpha value is -2.70. The number of nitrogens with two attached hydrogens (primary N) is 1. The molecule has 0 saturated carbocycles. The van der Waals surface area contributed by atoms with Crippen LogP contribution in [-0.4, -0.2) is 23.9 Å². The van der Waals surface area contributed by atoms with E-state index >= 15 is 0 Å². The predicted octanol–water partition coefficient (Wildman–Crippen LogP) is 4.25. The van der Waals surface area contributed by atoms with Gasteiger partial charge in [0, 0.05) is 18.7 Å². The van der Waals surface area contributed by atoms with Crippen molar-refractivity contribution < 1.29 is 22.4 Å². The Morgan fingerprint density at radius 1 is 1.23 bits per heavy atom. The molecule has 1 aliphatic heterocycles. The third kappa shape index (κ3) is 3.61. The molecule has 1 aromatic heterocycles. The van der Waals surface area contributed by atoms with Gasteiger partial charge in [0.15, 0.2) is 0 Å². The summed E-state index contributed by atoms with van der Waals surface area (Å²) in [6.07, 6.45) is -1.86. The van der Waals surface area contributed by atoms with Gasteiger partial charge >= 0.3 is 6.18 Å². The number of rotatable bonds is 4. The van der Waals surface area contributed by atoms with Gasteiger partial charge in [-0.15, -0.1) is 0 Å². The number of alkyl halides is 3. The molecule has 2 N–H and O–H groups in total. The Labute approximate surface area is 149 Å². The Morgan fingerprint density at radius 2 is 1.92 bits per heavy atom. The molecule has 0 aliphatic carbocycles. The van der Waals surface area contributed by atoms with E-state index in [0.29, 0.717) is 31.7 Å². The molecule has 0 spiro atoms. The summed E-state index contributed by atoms with van der Waals surface area (Å²) < 4.78 is 45.7. The minimum Gasteiger partial charge on any atom is -0.463 e. The molecule has 2 heterocycles. The van der Waals surface area contributed by atoms with Crippen LogP contribution in [0.2, 0.25) is 0 Å². The van der Waals surface area contributed by atoms with Crippen molar-refractivity contribution in [3.8, 4) is 0 Å². The van der Waals surface area contributed by atoms with Crippen molar-refractivity contribution in [1.82, 2.24) is 4.90 Å². The number of halogens is 3. The predicted molar refractivity (Wildman–Crippen MR) is 91.3 cm³/mol. The normalized spacial score (nSPS) is 15.9. The Bertz CT molecular complexity index is 805. The highest BCUT2D eigenvalue weighted by Crippen LogP contribution is 2.40. The molecule has 1 fully saturated rings. The Kier molecular flexibility index (Phi) is 4.80. The minimum absolute atomic E-state index is 0.135. The van der Waals surface area contributed by atoms with Crippen LogP contribution in [0.15, 0.2) is 47.6 Å². The van der Waals surface area contributed by atoms with E-state index in [1.54, 1.807) is 18.4 Å². The van der Waals surface area contributed by atoms with Crippen LogP contribution in [-0.2, 0) is 6.18 Å². The molecular weight excluding hydrogens is 345 g/mol. The summed E-state index contributed by atoms with van der Waals surface area (Å²) in [5.41, 5.74) is 5.15. The Balaban J connectivity index is 1.79. The van der Waals surface area contributed by atoms with Crippen molar-refractivity contribution in [3.63, 3.8) is 0 Å². The molecule has 138 valence electrons. The fraction of sp³-hybridized carbons (Fsp3) is 0.316. The van der Waals surface area contributed by atoms with Crippen molar-refractivity contribution in [2.45, 2.75) is 24.9 Å². The highest BCUT2D eigenvalue weighted by Gasteiger charge is 2.36. The van der Waals surface area contributed by atoms with E-state index in [0.717, 1.165) is 11.8 Å². The van der Waals surface area contributed by atoms with Gasteiger partial charge in [-0.05, 0) is 48.6 Å². The van der Waals surface area contributed by atoms with E-state index in [9.17, 15) is 18.0 Å². The zero-order chi connectivity index (χ0) is 18.9. The van der Waals surface area contributed by atoms with Crippen molar-refractivity contribution >= 4 is 11.6 Å².